The molecule has 12 aromatic carbocycles. The molecule has 0 spiro atoms. The molecule has 0 unspecified atom stereocenters. The van der Waals surface area contributed by atoms with Crippen molar-refractivity contribution in [1.29, 1.82) is 0 Å². The van der Waals surface area contributed by atoms with Gasteiger partial charge in [0.1, 0.15) is 22.8 Å². The number of furan rings is 2. The number of fused-ring (bicyclic) bond motifs is 10. The Labute approximate surface area is 461 Å². The van der Waals surface area contributed by atoms with E-state index in [0.717, 1.165) is 43.8 Å². The molecule has 0 saturated carbocycles. The molecule has 0 aliphatic heterocycles. The maximum atomic E-state index is 14.9. The Balaban J connectivity index is 0.923. The van der Waals surface area contributed by atoms with Crippen LogP contribution >= 0.6 is 0 Å². The van der Waals surface area contributed by atoms with Gasteiger partial charge in [-0.15, -0.1) is 0 Å². The van der Waals surface area contributed by atoms with Gasteiger partial charge in [-0.1, -0.05) is 151 Å². The van der Waals surface area contributed by atoms with Gasteiger partial charge >= 0.3 is 0 Å². The van der Waals surface area contributed by atoms with Gasteiger partial charge in [0, 0.05) is 71.9 Å². The van der Waals surface area contributed by atoms with Crippen molar-refractivity contribution >= 4 is 111 Å². The molecule has 5 nitrogen and oxygen atoms in total. The molecular formula is C71H45F2N3O2. The van der Waals surface area contributed by atoms with Crippen molar-refractivity contribution in [3.63, 3.8) is 0 Å². The van der Waals surface area contributed by atoms with Crippen molar-refractivity contribution in [3.8, 4) is 27.9 Å². The number of aromatic nitrogens is 1. The highest BCUT2D eigenvalue weighted by molar-refractivity contribution is 6.17. The van der Waals surface area contributed by atoms with Gasteiger partial charge in [-0.25, -0.2) is 8.78 Å². The molecule has 15 rings (SSSR count). The van der Waals surface area contributed by atoms with Gasteiger partial charge in [0.2, 0.25) is 0 Å². The smallest absolute Gasteiger partial charge is 0.159 e. The summed E-state index contributed by atoms with van der Waals surface area (Å²) in [4.78, 5) is 3.99. The summed E-state index contributed by atoms with van der Waals surface area (Å²) in [5.41, 5.74) is 9.87. The Morgan fingerprint density at radius 2 is 0.846 bits per heavy atom. The third-order valence-electron chi connectivity index (χ3n) is 14.7. The molecule has 0 N–H and O–H groups in total. The maximum Gasteiger partial charge on any atom is 0.159 e. The van der Waals surface area contributed by atoms with Crippen molar-refractivity contribution in [2.24, 2.45) is 0 Å². The molecule has 0 atom stereocenters. The van der Waals surface area contributed by atoms with E-state index in [1.54, 1.807) is 48.5 Å². The molecule has 0 amide bonds. The molecule has 0 radical (unpaired) electrons. The zero-order valence-corrected chi connectivity index (χ0v) is 41.4. The summed E-state index contributed by atoms with van der Waals surface area (Å²) in [6.07, 6.45) is 0. The molecule has 15 aromatic rings. The third-order valence-corrected chi connectivity index (χ3v) is 14.7. The van der Waals surface area contributed by atoms with Crippen LogP contribution in [0.25, 0.3) is 104 Å². The molecule has 0 bridgehead atoms. The predicted octanol–water partition coefficient (Wildman–Crippen LogP) is 20.6. The number of aryl methyl sites for hydroxylation is 1. The Bertz CT molecular complexity index is 5400. The highest BCUT2D eigenvalue weighted by atomic mass is 19.1. The summed E-state index contributed by atoms with van der Waals surface area (Å²) in [5, 5.41) is 6.48. The minimum atomic E-state index is -0.494. The molecule has 0 saturated heterocycles. The number of para-hydroxylation sites is 4. The Morgan fingerprint density at radius 3 is 1.38 bits per heavy atom. The number of rotatable bonds is 9. The number of nitrogens with zero attached hydrogens (tertiary/aromatic N) is 3. The van der Waals surface area contributed by atoms with Crippen LogP contribution in [-0.2, 0) is 0 Å². The van der Waals surface area contributed by atoms with Crippen LogP contribution in [0.5, 0.6) is 0 Å². The molecule has 370 valence electrons. The van der Waals surface area contributed by atoms with Crippen LogP contribution in [0.15, 0.2) is 263 Å². The van der Waals surface area contributed by atoms with E-state index in [9.17, 15) is 8.78 Å². The Kier molecular flexibility index (Phi) is 8.26. The molecule has 3 aromatic heterocycles. The van der Waals surface area contributed by atoms with Gasteiger partial charge in [-0.2, -0.15) is 0 Å². The van der Waals surface area contributed by atoms with E-state index in [0.29, 0.717) is 89.1 Å². The average molecular weight is 1020 g/mol. The van der Waals surface area contributed by atoms with Crippen LogP contribution in [-0.4, -0.2) is 4.57 Å². The topological polar surface area (TPSA) is 37.7 Å². The Morgan fingerprint density at radius 1 is 0.385 bits per heavy atom. The van der Waals surface area contributed by atoms with Crippen LogP contribution < -0.4 is 9.80 Å². The predicted molar refractivity (Wildman–Crippen MR) is 318 cm³/mol. The molecule has 78 heavy (non-hydrogen) atoms. The van der Waals surface area contributed by atoms with Crippen LogP contribution in [0, 0.1) is 18.6 Å². The lowest BCUT2D eigenvalue weighted by Gasteiger charge is -2.26. The van der Waals surface area contributed by atoms with Gasteiger partial charge in [0.25, 0.3) is 0 Å². The minimum absolute atomic E-state index is 0.0185. The van der Waals surface area contributed by atoms with Crippen molar-refractivity contribution in [2.75, 3.05) is 9.80 Å². The lowest BCUT2D eigenvalue weighted by molar-refractivity contribution is 0.627. The van der Waals surface area contributed by atoms with Crippen molar-refractivity contribution < 1.29 is 31.3 Å². The fraction of sp³-hybridized carbons (Fsp3) is 0.0141. The van der Waals surface area contributed by atoms with Gasteiger partial charge in [0.05, 0.1) is 36.1 Å². The number of anilines is 6. The summed E-state index contributed by atoms with van der Waals surface area (Å²) >= 11 is 0. The fourth-order valence-electron chi connectivity index (χ4n) is 11.1. The average Bonchev–Trinajstić information content (AvgIpc) is 1.81. The number of benzene rings is 12. The van der Waals surface area contributed by atoms with Gasteiger partial charge in [-0.3, -0.25) is 0 Å². The number of hydrogen-bond acceptors (Lipinski definition) is 4. The zero-order chi connectivity index (χ0) is 60.7. The second kappa shape index (κ2) is 18.0. The first-order valence-electron chi connectivity index (χ1n) is 30.3. The van der Waals surface area contributed by atoms with Crippen LogP contribution in [0.4, 0.5) is 42.9 Å². The van der Waals surface area contributed by atoms with Gasteiger partial charge in [0.15, 0.2) is 11.2 Å². The van der Waals surface area contributed by atoms with Crippen LogP contribution in [0.2, 0.25) is 0 Å². The van der Waals surface area contributed by atoms with E-state index in [2.05, 4.69) is 59.2 Å². The van der Waals surface area contributed by atoms with Gasteiger partial charge < -0.3 is 23.2 Å². The zero-order valence-electron chi connectivity index (χ0n) is 51.4. The van der Waals surface area contributed by atoms with E-state index in [4.69, 9.17) is 22.5 Å². The quantitative estimate of drug-likeness (QED) is 0.144. The maximum absolute atomic E-state index is 14.9. The van der Waals surface area contributed by atoms with E-state index in [-0.39, 0.29) is 35.3 Å². The second-order valence-corrected chi connectivity index (χ2v) is 19.3. The summed E-state index contributed by atoms with van der Waals surface area (Å²) in [7, 11) is 0. The first-order valence-corrected chi connectivity index (χ1v) is 25.3. The molecule has 7 heteroatoms. The van der Waals surface area contributed by atoms with E-state index in [1.165, 1.54) is 24.3 Å². The SMILES string of the molecule is [2H]c1c([2H])c([2H])c(-c2cccc3c2oc2c(N(c4ccc(F)cc4)c4ccc5cc6c7ccc(N(c8ccc(F)cc8)c8cccc9c8oc8c(-c%10c([2H])c([2H])c([2H])c([2H])c%10[2H])cccc89)cc7n(-c7ccc(C)cc7)c6cc5c4)cccc23)c([2H])c1[2H]. The minimum Gasteiger partial charge on any atom is -0.453 e. The van der Waals surface area contributed by atoms with Crippen LogP contribution in [0.3, 0.4) is 0 Å². The highest BCUT2D eigenvalue weighted by Crippen LogP contribution is 2.48. The monoisotopic (exact) mass is 1020 g/mol. The molecule has 3 heterocycles. The van der Waals surface area contributed by atoms with Crippen molar-refractivity contribution in [3.05, 3.63) is 272 Å². The lowest BCUT2D eigenvalue weighted by Crippen LogP contribution is -2.10. The molecule has 0 fully saturated rings. The molecular weight excluding hydrogens is 965 g/mol. The number of hydrogen-bond donors (Lipinski definition) is 0. The van der Waals surface area contributed by atoms with E-state index >= 15 is 0 Å². The molecule has 0 aliphatic carbocycles. The van der Waals surface area contributed by atoms with Crippen molar-refractivity contribution in [1.82, 2.24) is 4.57 Å². The van der Waals surface area contributed by atoms with Crippen LogP contribution in [0.1, 0.15) is 19.3 Å². The largest absolute Gasteiger partial charge is 0.453 e. The first-order chi connectivity index (χ1) is 42.5. The standard InChI is InChI=1S/C71H45F2N3O2/c1-44-24-31-53(32-25-44)76-66-42-48-40-54(74(51-34-27-49(72)28-35-51)64-22-10-20-61-59-18-8-16-56(68(59)77-70(61)64)45-12-4-2-5-13-45)33-26-47(48)41-63(66)58-39-38-55(43-67(58)76)75(52-36-29-50(73)30-37-52)65-23-11-21-62-60-19-9-17-57(69(60)78-71(62)65)46-14-6-3-7-15-46/h2-43H,1H3/i2D,3D,4D,5D,6D,7D,12D,13D,14D,15D. The summed E-state index contributed by atoms with van der Waals surface area (Å²) in [6.45, 7) is 2.04. The summed E-state index contributed by atoms with van der Waals surface area (Å²) in [5.74, 6) is -0.839. The van der Waals surface area contributed by atoms with E-state index in [1.807, 2.05) is 83.5 Å². The first kappa shape index (κ1) is 35.9. The normalized spacial score (nSPS) is 13.6. The number of halogens is 2. The molecule has 0 aliphatic rings. The lowest BCUT2D eigenvalue weighted by atomic mass is 10.0. The highest BCUT2D eigenvalue weighted by Gasteiger charge is 2.25. The second-order valence-electron chi connectivity index (χ2n) is 19.3. The fourth-order valence-corrected chi connectivity index (χ4v) is 11.1. The Hall–Kier alpha value is -10.2. The summed E-state index contributed by atoms with van der Waals surface area (Å²) < 4.78 is 132. The van der Waals surface area contributed by atoms with Gasteiger partial charge in [-0.05, 0) is 138 Å². The third kappa shape index (κ3) is 7.35. The van der Waals surface area contributed by atoms with E-state index < -0.39 is 47.9 Å². The van der Waals surface area contributed by atoms with Crippen molar-refractivity contribution in [2.45, 2.75) is 6.92 Å². The summed E-state index contributed by atoms with van der Waals surface area (Å²) in [6, 6.07) is 55.2.